The Kier molecular flexibility index (Phi) is 14.6. The predicted octanol–water partition coefficient (Wildman–Crippen LogP) is 4.35. The van der Waals surface area contributed by atoms with Gasteiger partial charge in [-0.1, -0.05) is 34.9 Å². The van der Waals surface area contributed by atoms with Crippen LogP contribution in [0.5, 0.6) is 0 Å². The average molecular weight is 398 g/mol. The number of carbonyl (C=O) groups excluding carboxylic acids is 1. The van der Waals surface area contributed by atoms with Crippen LogP contribution in [0.1, 0.15) is 53.4 Å². The number of carboxylic acids is 1. The highest BCUT2D eigenvalue weighted by Gasteiger charge is 2.19. The first-order valence-corrected chi connectivity index (χ1v) is 10.4. The maximum absolute atomic E-state index is 11.4. The third kappa shape index (κ3) is 15.2. The lowest BCUT2D eigenvalue weighted by molar-refractivity contribution is -0.141. The van der Waals surface area contributed by atoms with E-state index in [2.05, 4.69) is 51.2 Å². The number of allylic oxidation sites excluding steroid dienone is 5. The minimum Gasteiger partial charge on any atom is -0.480 e. The molecular weight excluding hydrogens is 362 g/mol. The molecule has 5 nitrogen and oxygen atoms in total. The first kappa shape index (κ1) is 25.5. The van der Waals surface area contributed by atoms with Crippen LogP contribution in [0.2, 0.25) is 0 Å². The van der Waals surface area contributed by atoms with Crippen LogP contribution in [0.4, 0.5) is 0 Å². The number of amides is 1. The standard InChI is InChI=1S/C21H35NO4S/c1-16(2)8-6-9-17(3)10-7-11-18(4)12-13-27-15-19(21(24)25)22-20(23)14-26-5/h8,10,12,19H,6-7,9,11,13-15H2,1-5H3,(H,22,23)(H,24,25)/t19-/m0/s1. The van der Waals surface area contributed by atoms with Crippen LogP contribution >= 0.6 is 11.8 Å². The number of ether oxygens (including phenoxy) is 1. The molecule has 154 valence electrons. The zero-order valence-corrected chi connectivity index (χ0v) is 18.2. The second-order valence-corrected chi connectivity index (χ2v) is 7.96. The fourth-order valence-corrected chi connectivity index (χ4v) is 3.27. The number of hydrogen-bond donors (Lipinski definition) is 2. The highest BCUT2D eigenvalue weighted by atomic mass is 32.2. The molecule has 0 aliphatic heterocycles. The molecule has 0 radical (unpaired) electrons. The van der Waals surface area contributed by atoms with Crippen molar-refractivity contribution >= 4 is 23.6 Å². The molecule has 0 saturated carbocycles. The van der Waals surface area contributed by atoms with E-state index in [4.69, 9.17) is 9.84 Å². The smallest absolute Gasteiger partial charge is 0.327 e. The van der Waals surface area contributed by atoms with Gasteiger partial charge in [0.1, 0.15) is 12.6 Å². The lowest BCUT2D eigenvalue weighted by atomic mass is 10.1. The molecule has 0 aliphatic carbocycles. The van der Waals surface area contributed by atoms with E-state index in [1.54, 1.807) is 0 Å². The molecule has 27 heavy (non-hydrogen) atoms. The summed E-state index contributed by atoms with van der Waals surface area (Å²) in [5.41, 5.74) is 4.08. The summed E-state index contributed by atoms with van der Waals surface area (Å²) in [6.07, 6.45) is 10.9. The molecule has 0 spiro atoms. The monoisotopic (exact) mass is 397 g/mol. The van der Waals surface area contributed by atoms with Crippen molar-refractivity contribution in [3.05, 3.63) is 34.9 Å². The summed E-state index contributed by atoms with van der Waals surface area (Å²) in [5, 5.41) is 11.6. The Morgan fingerprint density at radius 2 is 1.63 bits per heavy atom. The number of rotatable bonds is 14. The average Bonchev–Trinajstić information content (AvgIpc) is 2.57. The zero-order valence-electron chi connectivity index (χ0n) is 17.3. The lowest BCUT2D eigenvalue weighted by Crippen LogP contribution is -2.44. The number of carboxylic acid groups (broad SMARTS) is 1. The Hall–Kier alpha value is -1.53. The van der Waals surface area contributed by atoms with E-state index in [1.165, 1.54) is 35.6 Å². The molecule has 0 bridgehead atoms. The number of hydrogen-bond acceptors (Lipinski definition) is 4. The molecule has 0 saturated heterocycles. The minimum absolute atomic E-state index is 0.130. The molecule has 6 heteroatoms. The predicted molar refractivity (Wildman–Crippen MR) is 114 cm³/mol. The first-order valence-electron chi connectivity index (χ1n) is 9.29. The van der Waals surface area contributed by atoms with Crippen molar-refractivity contribution in [3.63, 3.8) is 0 Å². The van der Waals surface area contributed by atoms with Crippen molar-refractivity contribution in [2.24, 2.45) is 0 Å². The Morgan fingerprint density at radius 1 is 1.04 bits per heavy atom. The number of aliphatic carboxylic acids is 1. The number of carbonyl (C=O) groups is 2. The van der Waals surface area contributed by atoms with Crippen LogP contribution in [0.3, 0.4) is 0 Å². The van der Waals surface area contributed by atoms with Gasteiger partial charge in [0.05, 0.1) is 0 Å². The summed E-state index contributed by atoms with van der Waals surface area (Å²) in [4.78, 5) is 22.6. The van der Waals surface area contributed by atoms with Gasteiger partial charge in [-0.3, -0.25) is 4.79 Å². The third-order valence-electron chi connectivity index (χ3n) is 3.87. The normalized spacial score (nSPS) is 13.2. The van der Waals surface area contributed by atoms with Crippen molar-refractivity contribution in [1.29, 1.82) is 0 Å². The van der Waals surface area contributed by atoms with Crippen LogP contribution in [-0.4, -0.2) is 48.2 Å². The van der Waals surface area contributed by atoms with Gasteiger partial charge in [0.25, 0.3) is 0 Å². The van der Waals surface area contributed by atoms with Crippen LogP contribution in [0.15, 0.2) is 34.9 Å². The molecule has 0 rings (SSSR count). The fraction of sp³-hybridized carbons (Fsp3) is 0.619. The van der Waals surface area contributed by atoms with Crippen molar-refractivity contribution in [1.82, 2.24) is 5.32 Å². The molecule has 0 unspecified atom stereocenters. The summed E-state index contributed by atoms with van der Waals surface area (Å²) in [5.74, 6) is -0.373. The second kappa shape index (κ2) is 15.5. The van der Waals surface area contributed by atoms with Crippen LogP contribution in [-0.2, 0) is 14.3 Å². The largest absolute Gasteiger partial charge is 0.480 e. The van der Waals surface area contributed by atoms with Crippen molar-refractivity contribution in [2.45, 2.75) is 59.4 Å². The quantitative estimate of drug-likeness (QED) is 0.336. The van der Waals surface area contributed by atoms with E-state index >= 15 is 0 Å². The van der Waals surface area contributed by atoms with E-state index in [0.717, 1.165) is 31.4 Å². The van der Waals surface area contributed by atoms with Gasteiger partial charge in [-0.2, -0.15) is 11.8 Å². The summed E-state index contributed by atoms with van der Waals surface area (Å²) in [6, 6.07) is -0.891. The minimum atomic E-state index is -1.03. The fourth-order valence-electron chi connectivity index (χ4n) is 2.27. The molecular formula is C21H35NO4S. The SMILES string of the molecule is COCC(=O)N[C@@H](CSCC=C(C)CCC=C(C)CCC=C(C)C)C(=O)O. The van der Waals surface area contributed by atoms with Gasteiger partial charge in [0.2, 0.25) is 5.91 Å². The molecule has 0 heterocycles. The summed E-state index contributed by atoms with van der Waals surface area (Å²) in [7, 11) is 1.40. The first-order chi connectivity index (χ1) is 12.8. The van der Waals surface area contributed by atoms with Gasteiger partial charge < -0.3 is 15.2 Å². The Bertz CT molecular complexity index is 548. The molecule has 0 aromatic rings. The van der Waals surface area contributed by atoms with Gasteiger partial charge in [-0.05, 0) is 53.4 Å². The van der Waals surface area contributed by atoms with Gasteiger partial charge >= 0.3 is 5.97 Å². The van der Waals surface area contributed by atoms with E-state index in [1.807, 2.05) is 0 Å². The maximum Gasteiger partial charge on any atom is 0.327 e. The Balaban J connectivity index is 4.14. The zero-order chi connectivity index (χ0) is 20.7. The van der Waals surface area contributed by atoms with Gasteiger partial charge in [0.15, 0.2) is 0 Å². The van der Waals surface area contributed by atoms with E-state index < -0.39 is 17.9 Å². The molecule has 0 aromatic carbocycles. The molecule has 0 aromatic heterocycles. The van der Waals surface area contributed by atoms with Crippen molar-refractivity contribution in [3.8, 4) is 0 Å². The topological polar surface area (TPSA) is 75.6 Å². The molecule has 0 aliphatic rings. The van der Waals surface area contributed by atoms with E-state index in [0.29, 0.717) is 5.75 Å². The van der Waals surface area contributed by atoms with Crippen LogP contribution in [0, 0.1) is 0 Å². The third-order valence-corrected chi connectivity index (χ3v) is 4.84. The number of methoxy groups -OCH3 is 1. The summed E-state index contributed by atoms with van der Waals surface area (Å²) in [6.45, 7) is 8.39. The summed E-state index contributed by atoms with van der Waals surface area (Å²) < 4.78 is 4.70. The van der Waals surface area contributed by atoms with Crippen molar-refractivity contribution < 1.29 is 19.4 Å². The van der Waals surface area contributed by atoms with Gasteiger partial charge in [-0.25, -0.2) is 4.79 Å². The summed E-state index contributed by atoms with van der Waals surface area (Å²) >= 11 is 1.50. The number of nitrogens with one attached hydrogen (secondary N) is 1. The Morgan fingerprint density at radius 3 is 2.19 bits per heavy atom. The molecule has 1 amide bonds. The molecule has 1 atom stereocenters. The highest BCUT2D eigenvalue weighted by molar-refractivity contribution is 7.99. The second-order valence-electron chi connectivity index (χ2n) is 6.89. The maximum atomic E-state index is 11.4. The van der Waals surface area contributed by atoms with Crippen LogP contribution < -0.4 is 5.32 Å². The van der Waals surface area contributed by atoms with E-state index in [9.17, 15) is 9.59 Å². The Labute approximate surface area is 168 Å². The molecule has 2 N–H and O–H groups in total. The van der Waals surface area contributed by atoms with Gasteiger partial charge in [0, 0.05) is 18.6 Å². The lowest BCUT2D eigenvalue weighted by Gasteiger charge is -2.13. The molecule has 0 fully saturated rings. The van der Waals surface area contributed by atoms with E-state index in [-0.39, 0.29) is 6.61 Å². The number of thioether (sulfide) groups is 1. The van der Waals surface area contributed by atoms with Gasteiger partial charge in [-0.15, -0.1) is 0 Å². The highest BCUT2D eigenvalue weighted by Crippen LogP contribution is 2.13. The van der Waals surface area contributed by atoms with Crippen LogP contribution in [0.25, 0.3) is 0 Å². The van der Waals surface area contributed by atoms with Crippen molar-refractivity contribution in [2.75, 3.05) is 25.2 Å².